The van der Waals surface area contributed by atoms with Gasteiger partial charge in [-0.05, 0) is 42.7 Å². The molecule has 6 heteroatoms. The molecule has 6 nitrogen and oxygen atoms in total. The predicted molar refractivity (Wildman–Crippen MR) is 102 cm³/mol. The van der Waals surface area contributed by atoms with Gasteiger partial charge in [-0.1, -0.05) is 24.3 Å². The quantitative estimate of drug-likeness (QED) is 0.794. The van der Waals surface area contributed by atoms with E-state index in [-0.39, 0.29) is 18.9 Å². The van der Waals surface area contributed by atoms with Gasteiger partial charge in [0.2, 0.25) is 6.79 Å². The minimum atomic E-state index is -0.199. The van der Waals surface area contributed by atoms with E-state index in [1.165, 1.54) is 5.56 Å². The fraction of sp³-hybridized carbons (Fsp3) is 0.333. The highest BCUT2D eigenvalue weighted by Crippen LogP contribution is 2.40. The van der Waals surface area contributed by atoms with Crippen molar-refractivity contribution in [2.45, 2.75) is 25.4 Å². The first-order valence-corrected chi connectivity index (χ1v) is 8.91. The summed E-state index contributed by atoms with van der Waals surface area (Å²) in [6.45, 7) is 2.33. The largest absolute Gasteiger partial charge is 0.493 e. The van der Waals surface area contributed by atoms with Crippen LogP contribution in [0.5, 0.6) is 23.0 Å². The van der Waals surface area contributed by atoms with Crippen LogP contribution in [-0.4, -0.2) is 27.1 Å². The first kappa shape index (κ1) is 17.4. The summed E-state index contributed by atoms with van der Waals surface area (Å²) in [7, 11) is 3.27. The highest BCUT2D eigenvalue weighted by Gasteiger charge is 2.24. The fourth-order valence-electron chi connectivity index (χ4n) is 3.44. The van der Waals surface area contributed by atoms with Crippen molar-refractivity contribution in [2.75, 3.05) is 21.0 Å². The van der Waals surface area contributed by atoms with Gasteiger partial charge in [-0.3, -0.25) is 0 Å². The number of nitrogens with zero attached hydrogens (tertiary/aromatic N) is 2. The van der Waals surface area contributed by atoms with Gasteiger partial charge in [0.1, 0.15) is 6.04 Å². The van der Waals surface area contributed by atoms with Gasteiger partial charge in [-0.25, -0.2) is 0 Å². The van der Waals surface area contributed by atoms with Crippen LogP contribution in [-0.2, 0) is 6.42 Å². The molecule has 27 heavy (non-hydrogen) atoms. The van der Waals surface area contributed by atoms with Crippen LogP contribution in [0.3, 0.4) is 0 Å². The standard InChI is InChI=1S/C21H22N2O4/c1-13-9-15-10-19-20(27-12-26-19)11-16(15)17(23-22-13)8-7-14-5-4-6-18(24-2)21(14)25-3/h4-8,10-11,13,17H,9,12H2,1-3H3. The van der Waals surface area contributed by atoms with Gasteiger partial charge in [0.05, 0.1) is 20.3 Å². The summed E-state index contributed by atoms with van der Waals surface area (Å²) < 4.78 is 22.0. The van der Waals surface area contributed by atoms with Gasteiger partial charge in [-0.2, -0.15) is 10.2 Å². The number of methoxy groups -OCH3 is 2. The monoisotopic (exact) mass is 366 g/mol. The van der Waals surface area contributed by atoms with E-state index in [2.05, 4.69) is 23.2 Å². The Morgan fingerprint density at radius 2 is 1.89 bits per heavy atom. The number of benzene rings is 2. The summed E-state index contributed by atoms with van der Waals surface area (Å²) in [5, 5.41) is 9.00. The predicted octanol–water partition coefficient (Wildman–Crippen LogP) is 4.58. The smallest absolute Gasteiger partial charge is 0.231 e. The van der Waals surface area contributed by atoms with Crippen molar-refractivity contribution in [3.05, 3.63) is 53.1 Å². The average molecular weight is 366 g/mol. The molecule has 0 radical (unpaired) electrons. The van der Waals surface area contributed by atoms with Crippen LogP contribution in [0, 0.1) is 0 Å². The third-order valence-electron chi connectivity index (χ3n) is 4.75. The molecule has 4 rings (SSSR count). The molecule has 140 valence electrons. The van der Waals surface area contributed by atoms with Crippen molar-refractivity contribution >= 4 is 6.08 Å². The first-order chi connectivity index (χ1) is 13.2. The minimum absolute atomic E-state index is 0.119. The maximum Gasteiger partial charge on any atom is 0.231 e. The Kier molecular flexibility index (Phi) is 4.71. The molecule has 2 aromatic carbocycles. The molecule has 0 spiro atoms. The topological polar surface area (TPSA) is 61.6 Å². The number of ether oxygens (including phenoxy) is 4. The summed E-state index contributed by atoms with van der Waals surface area (Å²) in [6.07, 6.45) is 4.84. The van der Waals surface area contributed by atoms with E-state index in [1.54, 1.807) is 14.2 Å². The van der Waals surface area contributed by atoms with Crippen molar-refractivity contribution in [3.8, 4) is 23.0 Å². The van der Waals surface area contributed by atoms with Gasteiger partial charge < -0.3 is 18.9 Å². The molecule has 0 saturated heterocycles. The normalized spacial score (nSPS) is 20.4. The second-order valence-corrected chi connectivity index (χ2v) is 6.58. The molecule has 2 aliphatic rings. The summed E-state index contributed by atoms with van der Waals surface area (Å²) in [6, 6.07) is 9.78. The molecule has 2 aliphatic heterocycles. The second-order valence-electron chi connectivity index (χ2n) is 6.58. The van der Waals surface area contributed by atoms with E-state index >= 15 is 0 Å². The lowest BCUT2D eigenvalue weighted by atomic mass is 9.95. The number of fused-ring (bicyclic) bond motifs is 2. The van der Waals surface area contributed by atoms with Crippen LogP contribution in [0.1, 0.15) is 29.7 Å². The average Bonchev–Trinajstić information content (AvgIpc) is 3.08. The maximum atomic E-state index is 5.55. The van der Waals surface area contributed by atoms with E-state index in [9.17, 15) is 0 Å². The zero-order valence-corrected chi connectivity index (χ0v) is 15.6. The molecule has 0 saturated carbocycles. The molecule has 0 bridgehead atoms. The van der Waals surface area contributed by atoms with E-state index in [0.29, 0.717) is 11.5 Å². The summed E-state index contributed by atoms with van der Waals surface area (Å²) in [5.74, 6) is 2.94. The molecule has 0 fully saturated rings. The van der Waals surface area contributed by atoms with Crippen molar-refractivity contribution in [1.82, 2.24) is 0 Å². The molecular formula is C21H22N2O4. The Hall–Kier alpha value is -3.02. The molecule has 0 aromatic heterocycles. The SMILES string of the molecule is COc1cccc(C=CC2N=NC(C)Cc3cc4c(cc32)OCO4)c1OC. The molecule has 0 amide bonds. The van der Waals surface area contributed by atoms with Gasteiger partial charge >= 0.3 is 0 Å². The van der Waals surface area contributed by atoms with Crippen LogP contribution < -0.4 is 18.9 Å². The Balaban J connectivity index is 1.72. The molecule has 2 heterocycles. The summed E-state index contributed by atoms with van der Waals surface area (Å²) >= 11 is 0. The highest BCUT2D eigenvalue weighted by molar-refractivity contribution is 5.63. The van der Waals surface area contributed by atoms with Crippen molar-refractivity contribution in [1.29, 1.82) is 0 Å². The Morgan fingerprint density at radius 3 is 2.67 bits per heavy atom. The minimum Gasteiger partial charge on any atom is -0.493 e. The molecule has 2 atom stereocenters. The molecular weight excluding hydrogens is 344 g/mol. The lowest BCUT2D eigenvalue weighted by Crippen LogP contribution is -2.03. The lowest BCUT2D eigenvalue weighted by molar-refractivity contribution is 0.174. The fourth-order valence-corrected chi connectivity index (χ4v) is 3.44. The zero-order chi connectivity index (χ0) is 18.8. The van der Waals surface area contributed by atoms with Gasteiger partial charge in [0.15, 0.2) is 23.0 Å². The van der Waals surface area contributed by atoms with Crippen LogP contribution in [0.15, 0.2) is 46.6 Å². The van der Waals surface area contributed by atoms with Gasteiger partial charge in [0.25, 0.3) is 0 Å². The van der Waals surface area contributed by atoms with Crippen LogP contribution in [0.2, 0.25) is 0 Å². The second kappa shape index (κ2) is 7.31. The Labute approximate surface area is 158 Å². The number of para-hydroxylation sites is 1. The molecule has 2 aromatic rings. The Morgan fingerprint density at radius 1 is 1.07 bits per heavy atom. The van der Waals surface area contributed by atoms with E-state index in [1.807, 2.05) is 36.4 Å². The van der Waals surface area contributed by atoms with Gasteiger partial charge in [0, 0.05) is 5.56 Å². The maximum absolute atomic E-state index is 5.55. The Bertz CT molecular complexity index is 907. The number of rotatable bonds is 4. The summed E-state index contributed by atoms with van der Waals surface area (Å²) in [4.78, 5) is 0. The van der Waals surface area contributed by atoms with Gasteiger partial charge in [-0.15, -0.1) is 0 Å². The lowest BCUT2D eigenvalue weighted by Gasteiger charge is -2.13. The van der Waals surface area contributed by atoms with E-state index in [0.717, 1.165) is 29.0 Å². The molecule has 0 aliphatic carbocycles. The number of azo groups is 1. The highest BCUT2D eigenvalue weighted by atomic mass is 16.7. The summed E-state index contributed by atoms with van der Waals surface area (Å²) in [5.41, 5.74) is 3.20. The van der Waals surface area contributed by atoms with E-state index in [4.69, 9.17) is 18.9 Å². The van der Waals surface area contributed by atoms with Crippen LogP contribution >= 0.6 is 0 Å². The zero-order valence-electron chi connectivity index (χ0n) is 15.6. The van der Waals surface area contributed by atoms with Crippen LogP contribution in [0.25, 0.3) is 6.08 Å². The number of hydrogen-bond donors (Lipinski definition) is 0. The molecule has 0 N–H and O–H groups in total. The number of hydrogen-bond acceptors (Lipinski definition) is 6. The first-order valence-electron chi connectivity index (χ1n) is 8.91. The van der Waals surface area contributed by atoms with Crippen molar-refractivity contribution in [3.63, 3.8) is 0 Å². The van der Waals surface area contributed by atoms with Crippen molar-refractivity contribution < 1.29 is 18.9 Å². The van der Waals surface area contributed by atoms with Crippen LogP contribution in [0.4, 0.5) is 0 Å². The van der Waals surface area contributed by atoms with Crippen molar-refractivity contribution in [2.24, 2.45) is 10.2 Å². The third kappa shape index (κ3) is 3.35. The van der Waals surface area contributed by atoms with E-state index < -0.39 is 0 Å². The molecule has 2 unspecified atom stereocenters. The third-order valence-corrected chi connectivity index (χ3v) is 4.75.